The molecule has 94 valence electrons. The fourth-order valence-electron chi connectivity index (χ4n) is 1.24. The molecule has 2 heterocycles. The maximum atomic E-state index is 11.3. The van der Waals surface area contributed by atoms with E-state index in [4.69, 9.17) is 46.4 Å². The molecule has 0 saturated heterocycles. The zero-order valence-electron chi connectivity index (χ0n) is 8.29. The van der Waals surface area contributed by atoms with Crippen molar-refractivity contribution in [3.05, 3.63) is 37.6 Å². The molecule has 0 aromatic carbocycles. The van der Waals surface area contributed by atoms with Gasteiger partial charge in [0.25, 0.3) is 5.24 Å². The van der Waals surface area contributed by atoms with Gasteiger partial charge in [0.15, 0.2) is 5.82 Å². The molecule has 0 spiro atoms. The summed E-state index contributed by atoms with van der Waals surface area (Å²) in [7, 11) is 0. The standard InChI is InChI=1S/C9H2BrCl4N3O/c10-6-2-5(8(14)18)17(16-6)9-4(12)1-3(11)7(13)15-9/h1-2H. The van der Waals surface area contributed by atoms with Gasteiger partial charge in [-0.1, -0.05) is 34.8 Å². The van der Waals surface area contributed by atoms with Crippen LogP contribution in [-0.4, -0.2) is 20.0 Å². The minimum atomic E-state index is -0.697. The van der Waals surface area contributed by atoms with Crippen molar-refractivity contribution in [1.29, 1.82) is 0 Å². The second kappa shape index (κ2) is 5.35. The van der Waals surface area contributed by atoms with Crippen LogP contribution in [0.3, 0.4) is 0 Å². The largest absolute Gasteiger partial charge is 0.274 e. The zero-order chi connectivity index (χ0) is 13.4. The average molecular weight is 390 g/mol. The smallest absolute Gasteiger partial charge is 0.271 e. The second-order valence-corrected chi connectivity index (χ2v) is 5.43. The molecule has 0 aliphatic carbocycles. The van der Waals surface area contributed by atoms with Gasteiger partial charge >= 0.3 is 0 Å². The number of nitrogens with zero attached hydrogens (tertiary/aromatic N) is 3. The van der Waals surface area contributed by atoms with Gasteiger partial charge in [0, 0.05) is 6.07 Å². The van der Waals surface area contributed by atoms with Gasteiger partial charge in [0.1, 0.15) is 15.5 Å². The molecule has 0 saturated carbocycles. The number of rotatable bonds is 2. The molecule has 2 rings (SSSR count). The van der Waals surface area contributed by atoms with Crippen LogP contribution < -0.4 is 0 Å². The van der Waals surface area contributed by atoms with Crippen LogP contribution in [0.5, 0.6) is 0 Å². The predicted octanol–water partition coefficient (Wildman–Crippen LogP) is 4.37. The molecular formula is C9H2BrCl4N3O. The first kappa shape index (κ1) is 14.1. The number of hydrogen-bond donors (Lipinski definition) is 0. The van der Waals surface area contributed by atoms with E-state index < -0.39 is 5.24 Å². The van der Waals surface area contributed by atoms with Gasteiger partial charge in [-0.05, 0) is 33.6 Å². The first-order valence-corrected chi connectivity index (χ1v) is 6.68. The number of halogens is 5. The maximum Gasteiger partial charge on any atom is 0.271 e. The molecule has 0 N–H and O–H groups in total. The Kier molecular flexibility index (Phi) is 4.18. The molecule has 9 heteroatoms. The van der Waals surface area contributed by atoms with Crippen LogP contribution in [-0.2, 0) is 0 Å². The van der Waals surface area contributed by atoms with Crippen molar-refractivity contribution in [1.82, 2.24) is 14.8 Å². The van der Waals surface area contributed by atoms with E-state index in [9.17, 15) is 4.79 Å². The third-order valence-corrected chi connectivity index (χ3v) is 3.48. The third kappa shape index (κ3) is 2.65. The summed E-state index contributed by atoms with van der Waals surface area (Å²) in [5, 5.41) is 3.77. The molecule has 0 aliphatic heterocycles. The predicted molar refractivity (Wildman–Crippen MR) is 74.3 cm³/mol. The minimum absolute atomic E-state index is 0.0515. The fourth-order valence-corrected chi connectivity index (χ4v) is 2.32. The van der Waals surface area contributed by atoms with Gasteiger partial charge in [0.2, 0.25) is 0 Å². The number of carbonyl (C=O) groups excluding carboxylic acids is 1. The lowest BCUT2D eigenvalue weighted by Gasteiger charge is -2.07. The maximum absolute atomic E-state index is 11.3. The lowest BCUT2D eigenvalue weighted by atomic mass is 10.4. The summed E-state index contributed by atoms with van der Waals surface area (Å²) >= 11 is 26.1. The van der Waals surface area contributed by atoms with Crippen molar-refractivity contribution in [2.45, 2.75) is 0 Å². The highest BCUT2D eigenvalue weighted by Crippen LogP contribution is 2.29. The average Bonchev–Trinajstić information content (AvgIpc) is 2.65. The van der Waals surface area contributed by atoms with Gasteiger partial charge in [-0.25, -0.2) is 9.67 Å². The molecule has 18 heavy (non-hydrogen) atoms. The fraction of sp³-hybridized carbons (Fsp3) is 0. The molecule has 2 aromatic rings. The SMILES string of the molecule is O=C(Cl)c1cc(Br)nn1-c1nc(Cl)c(Cl)cc1Cl. The van der Waals surface area contributed by atoms with Gasteiger partial charge < -0.3 is 0 Å². The van der Waals surface area contributed by atoms with Gasteiger partial charge in [-0.15, -0.1) is 0 Å². The molecule has 0 atom stereocenters. The molecule has 0 unspecified atom stereocenters. The Bertz CT molecular complexity index is 643. The van der Waals surface area contributed by atoms with E-state index in [1.54, 1.807) is 0 Å². The summed E-state index contributed by atoms with van der Waals surface area (Å²) in [6.07, 6.45) is 0. The van der Waals surface area contributed by atoms with Gasteiger partial charge in [0.05, 0.1) is 10.0 Å². The Morgan fingerprint density at radius 1 is 1.22 bits per heavy atom. The first-order valence-electron chi connectivity index (χ1n) is 4.37. The Morgan fingerprint density at radius 2 is 1.89 bits per heavy atom. The van der Waals surface area contributed by atoms with E-state index in [2.05, 4.69) is 26.0 Å². The summed E-state index contributed by atoms with van der Waals surface area (Å²) in [6.45, 7) is 0. The van der Waals surface area contributed by atoms with Crippen LogP contribution in [0.4, 0.5) is 0 Å². The molecule has 2 aromatic heterocycles. The van der Waals surface area contributed by atoms with Crippen LogP contribution in [0.2, 0.25) is 15.2 Å². The van der Waals surface area contributed by atoms with Crippen molar-refractivity contribution in [2.24, 2.45) is 0 Å². The lowest BCUT2D eigenvalue weighted by Crippen LogP contribution is -2.07. The molecular weight excluding hydrogens is 388 g/mol. The van der Waals surface area contributed by atoms with Crippen molar-refractivity contribution in [3.63, 3.8) is 0 Å². The Hall–Kier alpha value is -0.330. The zero-order valence-corrected chi connectivity index (χ0v) is 12.9. The van der Waals surface area contributed by atoms with Gasteiger partial charge in [-0.2, -0.15) is 5.10 Å². The van der Waals surface area contributed by atoms with Crippen LogP contribution >= 0.6 is 62.3 Å². The Balaban J connectivity index is 2.69. The summed E-state index contributed by atoms with van der Waals surface area (Å²) in [6, 6.07) is 2.85. The summed E-state index contributed by atoms with van der Waals surface area (Å²) in [4.78, 5) is 15.2. The van der Waals surface area contributed by atoms with Gasteiger partial charge in [-0.3, -0.25) is 4.79 Å². The highest BCUT2D eigenvalue weighted by molar-refractivity contribution is 9.10. The summed E-state index contributed by atoms with van der Waals surface area (Å²) in [5.74, 6) is 0.167. The van der Waals surface area contributed by atoms with Crippen LogP contribution in [0.1, 0.15) is 10.5 Å². The summed E-state index contributed by atoms with van der Waals surface area (Å²) in [5.41, 5.74) is 0.108. The molecule has 0 fully saturated rings. The topological polar surface area (TPSA) is 47.8 Å². The number of hydrogen-bond acceptors (Lipinski definition) is 3. The molecule has 0 aliphatic rings. The van der Waals surface area contributed by atoms with Crippen LogP contribution in [0, 0.1) is 0 Å². The highest BCUT2D eigenvalue weighted by Gasteiger charge is 2.18. The second-order valence-electron chi connectivity index (χ2n) is 3.10. The van der Waals surface area contributed by atoms with Crippen molar-refractivity contribution in [2.75, 3.05) is 0 Å². The quantitative estimate of drug-likeness (QED) is 0.566. The van der Waals surface area contributed by atoms with E-state index >= 15 is 0 Å². The van der Waals surface area contributed by atoms with E-state index in [1.165, 1.54) is 16.8 Å². The van der Waals surface area contributed by atoms with E-state index in [0.29, 0.717) is 4.60 Å². The Labute approximate surface area is 130 Å². The highest BCUT2D eigenvalue weighted by atomic mass is 79.9. The Morgan fingerprint density at radius 3 is 2.50 bits per heavy atom. The first-order chi connectivity index (χ1) is 8.40. The van der Waals surface area contributed by atoms with E-state index in [0.717, 1.165) is 0 Å². The van der Waals surface area contributed by atoms with E-state index in [-0.39, 0.29) is 26.7 Å². The number of pyridine rings is 1. The summed E-state index contributed by atoms with van der Waals surface area (Å²) < 4.78 is 1.60. The molecule has 0 radical (unpaired) electrons. The van der Waals surface area contributed by atoms with Crippen molar-refractivity contribution in [3.8, 4) is 5.82 Å². The van der Waals surface area contributed by atoms with Crippen LogP contribution in [0.15, 0.2) is 16.7 Å². The third-order valence-electron chi connectivity index (χ3n) is 1.95. The lowest BCUT2D eigenvalue weighted by molar-refractivity contribution is 0.107. The molecule has 4 nitrogen and oxygen atoms in total. The van der Waals surface area contributed by atoms with Crippen molar-refractivity contribution >= 4 is 67.6 Å². The molecule has 0 amide bonds. The van der Waals surface area contributed by atoms with Crippen molar-refractivity contribution < 1.29 is 4.79 Å². The normalized spacial score (nSPS) is 10.7. The number of carbonyl (C=O) groups is 1. The van der Waals surface area contributed by atoms with Crippen LogP contribution in [0.25, 0.3) is 5.82 Å². The van der Waals surface area contributed by atoms with E-state index in [1.807, 2.05) is 0 Å². The monoisotopic (exact) mass is 387 g/mol. The number of aromatic nitrogens is 3. The minimum Gasteiger partial charge on any atom is -0.274 e. The molecule has 0 bridgehead atoms.